The highest BCUT2D eigenvalue weighted by molar-refractivity contribution is 7.89. The van der Waals surface area contributed by atoms with Crippen LogP contribution in [0.3, 0.4) is 0 Å². The molecule has 20 heavy (non-hydrogen) atoms. The summed E-state index contributed by atoms with van der Waals surface area (Å²) in [5.41, 5.74) is 1.06. The molecular formula is C13H17N3O3S. The summed E-state index contributed by atoms with van der Waals surface area (Å²) in [4.78, 5) is 4.06. The maximum atomic E-state index is 11.5. The van der Waals surface area contributed by atoms with Gasteiger partial charge in [-0.2, -0.15) is 0 Å². The number of sulfonamides is 1. The van der Waals surface area contributed by atoms with Crippen molar-refractivity contribution >= 4 is 10.0 Å². The first-order valence-corrected chi connectivity index (χ1v) is 7.67. The molecule has 6 nitrogen and oxygen atoms in total. The molecule has 2 aromatic heterocycles. The number of pyridine rings is 1. The Hall–Kier alpha value is -1.70. The van der Waals surface area contributed by atoms with E-state index >= 15 is 0 Å². The van der Waals surface area contributed by atoms with E-state index in [1.807, 2.05) is 19.1 Å². The molecule has 0 spiro atoms. The average molecular weight is 295 g/mol. The van der Waals surface area contributed by atoms with Gasteiger partial charge in [0.1, 0.15) is 5.76 Å². The van der Waals surface area contributed by atoms with Crippen LogP contribution in [0, 0.1) is 0 Å². The highest BCUT2D eigenvalue weighted by atomic mass is 32.2. The van der Waals surface area contributed by atoms with Crippen molar-refractivity contribution in [2.45, 2.75) is 24.6 Å². The zero-order valence-corrected chi connectivity index (χ0v) is 12.1. The first-order chi connectivity index (χ1) is 9.53. The van der Waals surface area contributed by atoms with E-state index in [1.54, 1.807) is 18.5 Å². The van der Waals surface area contributed by atoms with Crippen LogP contribution in [0.5, 0.6) is 0 Å². The molecule has 2 rings (SSSR count). The fraction of sp³-hybridized carbons (Fsp3) is 0.308. The second-order valence-electron chi connectivity index (χ2n) is 4.32. The lowest BCUT2D eigenvalue weighted by Crippen LogP contribution is -2.18. The molecule has 0 bridgehead atoms. The van der Waals surface area contributed by atoms with Crippen molar-refractivity contribution in [1.82, 2.24) is 15.0 Å². The molecule has 0 fully saturated rings. The zero-order valence-electron chi connectivity index (χ0n) is 11.3. The Kier molecular flexibility index (Phi) is 4.53. The molecule has 0 aliphatic carbocycles. The van der Waals surface area contributed by atoms with Gasteiger partial charge in [0.25, 0.3) is 10.0 Å². The molecule has 108 valence electrons. The Labute approximate surface area is 118 Å². The molecule has 0 aliphatic rings. The summed E-state index contributed by atoms with van der Waals surface area (Å²) in [5, 5.41) is 3.17. The lowest BCUT2D eigenvalue weighted by molar-refractivity contribution is 0.392. The molecule has 0 amide bonds. The van der Waals surface area contributed by atoms with E-state index in [4.69, 9.17) is 4.42 Å². The molecule has 2 heterocycles. The Bertz CT molecular complexity index is 653. The number of nitrogens with one attached hydrogen (secondary N) is 2. The largest absolute Gasteiger partial charge is 0.447 e. The summed E-state index contributed by atoms with van der Waals surface area (Å²) in [5.74, 6) is 0.564. The first kappa shape index (κ1) is 14.7. The van der Waals surface area contributed by atoms with Gasteiger partial charge in [-0.3, -0.25) is 4.98 Å². The molecule has 0 aliphatic heterocycles. The molecule has 0 unspecified atom stereocenters. The van der Waals surface area contributed by atoms with Crippen LogP contribution in [0.1, 0.15) is 24.3 Å². The SMILES string of the molecule is CNS(=O)(=O)c1ccc(CN[C@@H](C)c2cccnc2)o1. The third-order valence-corrected chi connectivity index (χ3v) is 4.22. The van der Waals surface area contributed by atoms with Crippen molar-refractivity contribution in [2.75, 3.05) is 7.05 Å². The average Bonchev–Trinajstić information content (AvgIpc) is 2.95. The molecule has 2 N–H and O–H groups in total. The van der Waals surface area contributed by atoms with Crippen LogP contribution < -0.4 is 10.0 Å². The van der Waals surface area contributed by atoms with E-state index in [1.165, 1.54) is 13.1 Å². The van der Waals surface area contributed by atoms with Gasteiger partial charge in [-0.1, -0.05) is 6.07 Å². The van der Waals surface area contributed by atoms with E-state index in [-0.39, 0.29) is 11.1 Å². The minimum absolute atomic E-state index is 0.0779. The van der Waals surface area contributed by atoms with E-state index in [2.05, 4.69) is 15.0 Å². The van der Waals surface area contributed by atoms with Crippen LogP contribution in [-0.4, -0.2) is 20.4 Å². The molecule has 2 aromatic rings. The van der Waals surface area contributed by atoms with Crippen LogP contribution in [0.15, 0.2) is 46.2 Å². The van der Waals surface area contributed by atoms with Crippen molar-refractivity contribution < 1.29 is 12.8 Å². The number of rotatable bonds is 6. The first-order valence-electron chi connectivity index (χ1n) is 6.18. The number of nitrogens with zero attached hydrogens (tertiary/aromatic N) is 1. The maximum Gasteiger partial charge on any atom is 0.273 e. The molecule has 0 aromatic carbocycles. The predicted molar refractivity (Wildman–Crippen MR) is 74.4 cm³/mol. The van der Waals surface area contributed by atoms with Gasteiger partial charge in [0.2, 0.25) is 5.09 Å². The summed E-state index contributed by atoms with van der Waals surface area (Å²) < 4.78 is 30.6. The summed E-state index contributed by atoms with van der Waals surface area (Å²) in [6, 6.07) is 7.03. The highest BCUT2D eigenvalue weighted by Crippen LogP contribution is 2.15. The standard InChI is InChI=1S/C13H17N3O3S/c1-10(11-4-3-7-15-8-11)16-9-12-5-6-13(19-12)20(17,18)14-2/h3-8,10,14,16H,9H2,1-2H3/t10-/m0/s1. The van der Waals surface area contributed by atoms with Gasteiger partial charge >= 0.3 is 0 Å². The summed E-state index contributed by atoms with van der Waals surface area (Å²) in [6.07, 6.45) is 3.51. The van der Waals surface area contributed by atoms with E-state index in [0.29, 0.717) is 12.3 Å². The van der Waals surface area contributed by atoms with Crippen molar-refractivity contribution in [3.8, 4) is 0 Å². The number of furan rings is 1. The third kappa shape index (κ3) is 3.44. The van der Waals surface area contributed by atoms with Gasteiger partial charge in [0.05, 0.1) is 6.54 Å². The lowest BCUT2D eigenvalue weighted by Gasteiger charge is -2.12. The zero-order chi connectivity index (χ0) is 14.6. The van der Waals surface area contributed by atoms with Crippen LogP contribution in [-0.2, 0) is 16.6 Å². The van der Waals surface area contributed by atoms with E-state index < -0.39 is 10.0 Å². The van der Waals surface area contributed by atoms with Crippen LogP contribution in [0.2, 0.25) is 0 Å². The van der Waals surface area contributed by atoms with Gasteiger partial charge in [-0.15, -0.1) is 0 Å². The number of hydrogen-bond donors (Lipinski definition) is 2. The summed E-state index contributed by atoms with van der Waals surface area (Å²) in [7, 11) is -2.18. The van der Waals surface area contributed by atoms with Gasteiger partial charge in [0.15, 0.2) is 0 Å². The van der Waals surface area contributed by atoms with Gasteiger partial charge < -0.3 is 9.73 Å². The molecule has 1 atom stereocenters. The Balaban J connectivity index is 1.99. The fourth-order valence-electron chi connectivity index (χ4n) is 1.70. The monoisotopic (exact) mass is 295 g/mol. The molecule has 7 heteroatoms. The molecular weight excluding hydrogens is 278 g/mol. The minimum atomic E-state index is -3.52. The fourth-order valence-corrected chi connectivity index (χ4v) is 2.37. The summed E-state index contributed by atoms with van der Waals surface area (Å²) >= 11 is 0. The molecule has 0 saturated heterocycles. The highest BCUT2D eigenvalue weighted by Gasteiger charge is 2.16. The van der Waals surface area contributed by atoms with Gasteiger partial charge in [-0.25, -0.2) is 13.1 Å². The second kappa shape index (κ2) is 6.17. The topological polar surface area (TPSA) is 84.2 Å². The summed E-state index contributed by atoms with van der Waals surface area (Å²) in [6.45, 7) is 2.44. The van der Waals surface area contributed by atoms with Crippen LogP contribution >= 0.6 is 0 Å². The Morgan fingerprint density at radius 1 is 1.35 bits per heavy atom. The second-order valence-corrected chi connectivity index (χ2v) is 6.13. The smallest absolute Gasteiger partial charge is 0.273 e. The Morgan fingerprint density at radius 2 is 2.15 bits per heavy atom. The molecule has 0 saturated carbocycles. The van der Waals surface area contributed by atoms with Crippen molar-refractivity contribution in [3.05, 3.63) is 48.0 Å². The third-order valence-electron chi connectivity index (χ3n) is 2.94. The van der Waals surface area contributed by atoms with Crippen LogP contribution in [0.25, 0.3) is 0 Å². The van der Waals surface area contributed by atoms with Gasteiger partial charge in [-0.05, 0) is 37.7 Å². The van der Waals surface area contributed by atoms with E-state index in [9.17, 15) is 8.42 Å². The van der Waals surface area contributed by atoms with Crippen molar-refractivity contribution in [3.63, 3.8) is 0 Å². The lowest BCUT2D eigenvalue weighted by atomic mass is 10.1. The minimum Gasteiger partial charge on any atom is -0.447 e. The quantitative estimate of drug-likeness (QED) is 0.842. The van der Waals surface area contributed by atoms with Crippen molar-refractivity contribution in [2.24, 2.45) is 0 Å². The normalized spacial score (nSPS) is 13.3. The Morgan fingerprint density at radius 3 is 2.80 bits per heavy atom. The maximum absolute atomic E-state index is 11.5. The van der Waals surface area contributed by atoms with Crippen LogP contribution in [0.4, 0.5) is 0 Å². The predicted octanol–water partition coefficient (Wildman–Crippen LogP) is 1.43. The van der Waals surface area contributed by atoms with Crippen molar-refractivity contribution in [1.29, 1.82) is 0 Å². The number of aromatic nitrogens is 1. The van der Waals surface area contributed by atoms with E-state index in [0.717, 1.165) is 5.56 Å². The molecule has 0 radical (unpaired) electrons. The van der Waals surface area contributed by atoms with Gasteiger partial charge in [0, 0.05) is 18.4 Å². The number of hydrogen-bond acceptors (Lipinski definition) is 5.